The van der Waals surface area contributed by atoms with E-state index in [2.05, 4.69) is 0 Å². The summed E-state index contributed by atoms with van der Waals surface area (Å²) in [6.45, 7) is 1.61. The number of hydrogen-bond donors (Lipinski definition) is 0. The summed E-state index contributed by atoms with van der Waals surface area (Å²) < 4.78 is 5.02. The molecule has 1 heterocycles. The van der Waals surface area contributed by atoms with E-state index in [4.69, 9.17) is 17.0 Å². The lowest BCUT2D eigenvalue weighted by Crippen LogP contribution is -2.34. The fraction of sp³-hybridized carbons (Fsp3) is 0.200. The Morgan fingerprint density at radius 2 is 2.09 bits per heavy atom. The van der Waals surface area contributed by atoms with Crippen LogP contribution < -0.4 is 5.11 Å². The van der Waals surface area contributed by atoms with Crippen LogP contribution in [-0.4, -0.2) is 40.2 Å². The molecule has 8 heteroatoms. The summed E-state index contributed by atoms with van der Waals surface area (Å²) in [6, 6.07) is 6.16. The van der Waals surface area contributed by atoms with Gasteiger partial charge in [0.25, 0.3) is 5.91 Å². The van der Waals surface area contributed by atoms with Gasteiger partial charge in [0.15, 0.2) is 0 Å². The molecule has 0 bridgehead atoms. The summed E-state index contributed by atoms with van der Waals surface area (Å²) in [6.07, 6.45) is 1.43. The molecule has 0 spiro atoms. The first-order chi connectivity index (χ1) is 10.9. The van der Waals surface area contributed by atoms with Crippen LogP contribution in [0.5, 0.6) is 0 Å². The Labute approximate surface area is 142 Å². The molecule has 2 rings (SSSR count). The highest BCUT2D eigenvalue weighted by atomic mass is 32.2. The van der Waals surface area contributed by atoms with Crippen molar-refractivity contribution in [1.29, 1.82) is 0 Å². The molecule has 1 saturated heterocycles. The summed E-state index contributed by atoms with van der Waals surface area (Å²) >= 11 is 6.09. The van der Waals surface area contributed by atoms with Gasteiger partial charge in [0.1, 0.15) is 10.9 Å². The number of carbonyl (C=O) groups excluding carboxylic acids is 3. The number of ether oxygens (including phenoxy) is 1. The third-order valence-electron chi connectivity index (χ3n) is 2.93. The van der Waals surface area contributed by atoms with Gasteiger partial charge in [-0.25, -0.2) is 0 Å². The molecule has 1 aromatic rings. The number of amides is 1. The number of thiocarbonyl (C=S) groups is 1. The molecule has 1 amide bonds. The van der Waals surface area contributed by atoms with Crippen molar-refractivity contribution in [3.63, 3.8) is 0 Å². The van der Waals surface area contributed by atoms with Crippen molar-refractivity contribution >= 4 is 52.2 Å². The van der Waals surface area contributed by atoms with Crippen molar-refractivity contribution in [2.75, 3.05) is 13.2 Å². The molecule has 0 N–H and O–H groups in total. The van der Waals surface area contributed by atoms with Crippen LogP contribution in [0.1, 0.15) is 22.8 Å². The number of hydrogen-bond acceptors (Lipinski definition) is 7. The van der Waals surface area contributed by atoms with E-state index in [-0.39, 0.29) is 27.9 Å². The van der Waals surface area contributed by atoms with E-state index in [0.29, 0.717) is 5.56 Å². The van der Waals surface area contributed by atoms with Crippen molar-refractivity contribution in [1.82, 2.24) is 4.90 Å². The van der Waals surface area contributed by atoms with E-state index >= 15 is 0 Å². The molecule has 0 unspecified atom stereocenters. The highest BCUT2D eigenvalue weighted by Crippen LogP contribution is 2.32. The van der Waals surface area contributed by atoms with E-state index in [1.807, 2.05) is 0 Å². The first-order valence-corrected chi connectivity index (χ1v) is 7.88. The Kier molecular flexibility index (Phi) is 5.51. The van der Waals surface area contributed by atoms with Crippen LogP contribution in [0.4, 0.5) is 0 Å². The van der Waals surface area contributed by atoms with E-state index in [1.54, 1.807) is 25.1 Å². The molecule has 0 radical (unpaired) electrons. The number of aromatic carboxylic acids is 1. The number of carboxylic acids is 1. The monoisotopic (exact) mass is 350 g/mol. The molecule has 1 aliphatic heterocycles. The van der Waals surface area contributed by atoms with Crippen LogP contribution >= 0.6 is 24.0 Å². The molecule has 1 fully saturated rings. The fourth-order valence-electron chi connectivity index (χ4n) is 1.92. The number of nitrogens with zero attached hydrogens (tertiary/aromatic N) is 1. The quantitative estimate of drug-likeness (QED) is 0.441. The molecule has 1 aromatic carbocycles. The fourth-order valence-corrected chi connectivity index (χ4v) is 3.17. The molecule has 120 valence electrons. The van der Waals surface area contributed by atoms with Gasteiger partial charge in [-0.1, -0.05) is 48.2 Å². The largest absolute Gasteiger partial charge is 0.545 e. The van der Waals surface area contributed by atoms with Gasteiger partial charge >= 0.3 is 5.97 Å². The Morgan fingerprint density at radius 3 is 2.74 bits per heavy atom. The second-order valence-corrected chi connectivity index (χ2v) is 6.12. The highest BCUT2D eigenvalue weighted by Gasteiger charge is 2.33. The van der Waals surface area contributed by atoms with Gasteiger partial charge in [0.2, 0.25) is 0 Å². The van der Waals surface area contributed by atoms with Crippen molar-refractivity contribution in [2.24, 2.45) is 0 Å². The average Bonchev–Trinajstić information content (AvgIpc) is 2.75. The number of carbonyl (C=O) groups is 3. The lowest BCUT2D eigenvalue weighted by molar-refractivity contribution is -0.255. The predicted molar refractivity (Wildman–Crippen MR) is 87.3 cm³/mol. The lowest BCUT2D eigenvalue weighted by Gasteiger charge is -2.12. The SMILES string of the molecule is CCOC(=O)CN1C(=O)/C(=C/c2ccccc2C(=O)[O-])SC1=S. The first kappa shape index (κ1) is 17.2. The number of benzene rings is 1. The Balaban J connectivity index is 2.26. The third kappa shape index (κ3) is 3.96. The summed E-state index contributed by atoms with van der Waals surface area (Å²) in [5, 5.41) is 11.1. The molecule has 0 aliphatic carbocycles. The van der Waals surface area contributed by atoms with Gasteiger partial charge < -0.3 is 14.6 Å². The maximum atomic E-state index is 12.3. The lowest BCUT2D eigenvalue weighted by atomic mass is 10.1. The zero-order valence-corrected chi connectivity index (χ0v) is 13.7. The molecule has 1 aliphatic rings. The number of carboxylic acid groups (broad SMARTS) is 1. The molecule has 6 nitrogen and oxygen atoms in total. The Hall–Kier alpha value is -2.19. The van der Waals surface area contributed by atoms with Crippen molar-refractivity contribution in [3.05, 3.63) is 40.3 Å². The van der Waals surface area contributed by atoms with Crippen molar-refractivity contribution in [3.8, 4) is 0 Å². The minimum atomic E-state index is -1.33. The second-order valence-electron chi connectivity index (χ2n) is 4.45. The maximum Gasteiger partial charge on any atom is 0.326 e. The molecular formula is C15H12NO5S2-. The molecule has 0 atom stereocenters. The summed E-state index contributed by atoms with van der Waals surface area (Å²) in [4.78, 5) is 36.3. The van der Waals surface area contributed by atoms with Crippen molar-refractivity contribution < 1.29 is 24.2 Å². The van der Waals surface area contributed by atoms with Gasteiger partial charge in [-0.3, -0.25) is 14.5 Å². The number of thioether (sulfide) groups is 1. The van der Waals surface area contributed by atoms with Gasteiger partial charge in [0, 0.05) is 5.56 Å². The molecule has 0 saturated carbocycles. The summed E-state index contributed by atoms with van der Waals surface area (Å²) in [7, 11) is 0. The maximum absolute atomic E-state index is 12.3. The first-order valence-electron chi connectivity index (χ1n) is 6.65. The second kappa shape index (κ2) is 7.38. The summed E-state index contributed by atoms with van der Waals surface area (Å²) in [5.41, 5.74) is 0.312. The Morgan fingerprint density at radius 1 is 1.39 bits per heavy atom. The van der Waals surface area contributed by atoms with Gasteiger partial charge in [-0.2, -0.15) is 0 Å². The molecular weight excluding hydrogens is 338 g/mol. The minimum Gasteiger partial charge on any atom is -0.545 e. The average molecular weight is 350 g/mol. The van der Waals surface area contributed by atoms with Gasteiger partial charge in [0.05, 0.1) is 17.5 Å². The van der Waals surface area contributed by atoms with Crippen LogP contribution in [0.15, 0.2) is 29.2 Å². The van der Waals surface area contributed by atoms with E-state index < -0.39 is 17.8 Å². The van der Waals surface area contributed by atoms with Crippen LogP contribution in [0.2, 0.25) is 0 Å². The zero-order chi connectivity index (χ0) is 17.0. The predicted octanol–water partition coefficient (Wildman–Crippen LogP) is 0.814. The van der Waals surface area contributed by atoms with Gasteiger partial charge in [-0.15, -0.1) is 0 Å². The molecule has 23 heavy (non-hydrogen) atoms. The minimum absolute atomic E-state index is 0.0249. The molecule has 0 aromatic heterocycles. The van der Waals surface area contributed by atoms with E-state index in [0.717, 1.165) is 16.7 Å². The smallest absolute Gasteiger partial charge is 0.326 e. The van der Waals surface area contributed by atoms with E-state index in [1.165, 1.54) is 12.1 Å². The van der Waals surface area contributed by atoms with E-state index in [9.17, 15) is 19.5 Å². The summed E-state index contributed by atoms with van der Waals surface area (Å²) in [5.74, 6) is -2.35. The third-order valence-corrected chi connectivity index (χ3v) is 4.31. The van der Waals surface area contributed by atoms with Crippen molar-refractivity contribution in [2.45, 2.75) is 6.92 Å². The van der Waals surface area contributed by atoms with Gasteiger partial charge in [-0.05, 0) is 18.6 Å². The van der Waals surface area contributed by atoms with Crippen LogP contribution in [0.3, 0.4) is 0 Å². The Bertz CT molecular complexity index is 714. The van der Waals surface area contributed by atoms with Crippen LogP contribution in [0, 0.1) is 0 Å². The standard InChI is InChI=1S/C15H13NO5S2/c1-2-21-12(17)8-16-13(18)11(23-15(16)22)7-9-5-3-4-6-10(9)14(19)20/h3-7H,2,8H2,1H3,(H,19,20)/p-1/b11-7-. The topological polar surface area (TPSA) is 86.7 Å². The van der Waals surface area contributed by atoms with Crippen LogP contribution in [-0.2, 0) is 14.3 Å². The normalized spacial score (nSPS) is 16.0. The zero-order valence-electron chi connectivity index (χ0n) is 12.1. The highest BCUT2D eigenvalue weighted by molar-refractivity contribution is 8.26. The number of esters is 1. The number of rotatable bonds is 5. The van der Waals surface area contributed by atoms with Crippen LogP contribution in [0.25, 0.3) is 6.08 Å².